The minimum atomic E-state index is -0.396. The van der Waals surface area contributed by atoms with Gasteiger partial charge >= 0.3 is 0 Å². The van der Waals surface area contributed by atoms with E-state index in [9.17, 15) is 0 Å². The monoisotopic (exact) mass is 420 g/mol. The Morgan fingerprint density at radius 3 is 2.48 bits per heavy atom. The van der Waals surface area contributed by atoms with Crippen LogP contribution in [0, 0.1) is 11.7 Å². The van der Waals surface area contributed by atoms with Crippen LogP contribution in [0.25, 0.3) is 0 Å². The van der Waals surface area contributed by atoms with Gasteiger partial charge in [-0.25, -0.2) is 4.39 Å². The van der Waals surface area contributed by atoms with Crippen molar-refractivity contribution in [2.24, 2.45) is 11.0 Å². The van der Waals surface area contributed by atoms with Crippen molar-refractivity contribution in [3.8, 4) is 0 Å². The van der Waals surface area contributed by atoms with Gasteiger partial charge in [0, 0.05) is 61.2 Å². The van der Waals surface area contributed by atoms with E-state index in [1.54, 1.807) is 18.0 Å². The zero-order chi connectivity index (χ0) is 22.1. The predicted octanol–water partition coefficient (Wildman–Crippen LogP) is 5.11. The number of benzene rings is 2. The van der Waals surface area contributed by atoms with Crippen LogP contribution in [0.3, 0.4) is 0 Å². The minimum absolute atomic E-state index is 0.259. The second-order valence-corrected chi connectivity index (χ2v) is 8.26. The first-order valence-electron chi connectivity index (χ1n) is 10.5. The van der Waals surface area contributed by atoms with E-state index in [1.165, 1.54) is 0 Å². The summed E-state index contributed by atoms with van der Waals surface area (Å²) < 4.78 is 20.8. The molecule has 0 amide bonds. The lowest BCUT2D eigenvalue weighted by molar-refractivity contribution is 0.0767. The summed E-state index contributed by atoms with van der Waals surface area (Å²) in [5.74, 6) is 0.637. The predicted molar refractivity (Wildman–Crippen MR) is 123 cm³/mol. The van der Waals surface area contributed by atoms with Gasteiger partial charge in [-0.3, -0.25) is 5.01 Å². The molecule has 0 N–H and O–H groups in total. The number of hydrogen-bond donors (Lipinski definition) is 0. The number of hydrazone groups is 1. The Balaban J connectivity index is 1.55. The van der Waals surface area contributed by atoms with E-state index in [0.29, 0.717) is 23.9 Å². The summed E-state index contributed by atoms with van der Waals surface area (Å²) >= 11 is 0. The third kappa shape index (κ3) is 4.29. The highest BCUT2D eigenvalue weighted by Gasteiger charge is 2.32. The molecule has 2 aliphatic heterocycles. The van der Waals surface area contributed by atoms with Gasteiger partial charge in [0.05, 0.1) is 6.54 Å². The molecular weight excluding hydrogens is 391 g/mol. The molecule has 0 bridgehead atoms. The highest BCUT2D eigenvalue weighted by atomic mass is 19.1. The molecule has 0 spiro atoms. The maximum atomic E-state index is 15.1. The molecule has 0 aliphatic carbocycles. The fourth-order valence-electron chi connectivity index (χ4n) is 4.02. The van der Waals surface area contributed by atoms with E-state index in [2.05, 4.69) is 28.1 Å². The largest absolute Gasteiger partial charge is 0.450 e. The molecule has 0 saturated carbocycles. The number of halogens is 1. The van der Waals surface area contributed by atoms with Crippen LogP contribution < -0.4 is 4.90 Å². The number of nitrogens with zero attached hydrogens (tertiary/aromatic N) is 4. The van der Waals surface area contributed by atoms with Crippen LogP contribution in [-0.2, 0) is 11.3 Å². The molecule has 5 nitrogen and oxygen atoms in total. The smallest absolute Gasteiger partial charge is 0.214 e. The fraction of sp³-hybridized carbons (Fsp3) is 0.320. The first-order valence-corrected chi connectivity index (χ1v) is 10.5. The first-order chi connectivity index (χ1) is 14.8. The van der Waals surface area contributed by atoms with Crippen LogP contribution in [0.2, 0.25) is 0 Å². The van der Waals surface area contributed by atoms with Crippen molar-refractivity contribution >= 4 is 11.6 Å². The molecule has 31 heavy (non-hydrogen) atoms. The third-order valence-electron chi connectivity index (χ3n) is 5.92. The van der Waals surface area contributed by atoms with Crippen LogP contribution in [0.5, 0.6) is 0 Å². The average molecular weight is 421 g/mol. The molecule has 2 aromatic carbocycles. The van der Waals surface area contributed by atoms with Crippen LogP contribution >= 0.6 is 0 Å². The van der Waals surface area contributed by atoms with Crippen molar-refractivity contribution in [1.82, 2.24) is 9.91 Å². The van der Waals surface area contributed by atoms with Gasteiger partial charge in [-0.2, -0.15) is 0 Å². The highest BCUT2D eigenvalue weighted by molar-refractivity contribution is 5.74. The van der Waals surface area contributed by atoms with Crippen molar-refractivity contribution in [1.29, 1.82) is 0 Å². The first kappa shape index (κ1) is 21.0. The molecule has 2 heterocycles. The normalized spacial score (nSPS) is 18.3. The lowest BCUT2D eigenvalue weighted by atomic mass is 9.94. The molecule has 2 aromatic rings. The Morgan fingerprint density at radius 2 is 1.90 bits per heavy atom. The third-order valence-corrected chi connectivity index (χ3v) is 5.92. The molecule has 2 aliphatic rings. The number of likely N-dealkylation sites (tertiary alicyclic amines) is 1. The highest BCUT2D eigenvalue weighted by Crippen LogP contribution is 2.33. The van der Waals surface area contributed by atoms with E-state index < -0.39 is 6.23 Å². The second kappa shape index (κ2) is 8.46. The number of rotatable bonds is 7. The van der Waals surface area contributed by atoms with E-state index in [0.717, 1.165) is 35.7 Å². The second-order valence-electron chi connectivity index (χ2n) is 8.26. The summed E-state index contributed by atoms with van der Waals surface area (Å²) in [5, 5.41) is 5.94. The van der Waals surface area contributed by atoms with Crippen molar-refractivity contribution in [2.75, 3.05) is 25.0 Å². The quantitative estimate of drug-likeness (QED) is 0.623. The van der Waals surface area contributed by atoms with Gasteiger partial charge < -0.3 is 14.5 Å². The van der Waals surface area contributed by atoms with E-state index in [4.69, 9.17) is 4.74 Å². The summed E-state index contributed by atoms with van der Waals surface area (Å²) in [6.45, 7) is 14.4. The van der Waals surface area contributed by atoms with Gasteiger partial charge in [0.1, 0.15) is 5.82 Å². The molecule has 6 heteroatoms. The van der Waals surface area contributed by atoms with Crippen LogP contribution in [0.15, 0.2) is 78.2 Å². The van der Waals surface area contributed by atoms with E-state index in [1.807, 2.05) is 56.4 Å². The number of ether oxygens (including phenoxy) is 1. The van der Waals surface area contributed by atoms with Gasteiger partial charge in [-0.15, -0.1) is 5.10 Å². The summed E-state index contributed by atoms with van der Waals surface area (Å²) in [5.41, 5.74) is 4.42. The SMILES string of the molecule is C=C(C)N1CC(C(=C)N(Cc2ccc(C3OC(C)=NN3C)cc2F)c2ccccc2)C1. The van der Waals surface area contributed by atoms with Gasteiger partial charge in [0.25, 0.3) is 0 Å². The molecule has 4 rings (SSSR count). The van der Waals surface area contributed by atoms with Gasteiger partial charge in [0.15, 0.2) is 0 Å². The zero-order valence-corrected chi connectivity index (χ0v) is 18.4. The zero-order valence-electron chi connectivity index (χ0n) is 18.4. The Labute approximate surface area is 183 Å². The molecule has 162 valence electrons. The van der Waals surface area contributed by atoms with Gasteiger partial charge in [0.2, 0.25) is 12.1 Å². The molecule has 1 atom stereocenters. The number of para-hydroxylation sites is 1. The number of anilines is 1. The molecule has 0 aromatic heterocycles. The molecular formula is C25H29FN4O. The Kier molecular flexibility index (Phi) is 5.72. The van der Waals surface area contributed by atoms with Crippen molar-refractivity contribution in [3.05, 3.63) is 90.0 Å². The summed E-state index contributed by atoms with van der Waals surface area (Å²) in [4.78, 5) is 4.35. The van der Waals surface area contributed by atoms with E-state index in [-0.39, 0.29) is 5.82 Å². The topological polar surface area (TPSA) is 31.3 Å². The summed E-state index contributed by atoms with van der Waals surface area (Å²) in [6.07, 6.45) is -0.396. The van der Waals surface area contributed by atoms with Crippen LogP contribution in [0.1, 0.15) is 31.2 Å². The van der Waals surface area contributed by atoms with Gasteiger partial charge in [-0.1, -0.05) is 43.5 Å². The lowest BCUT2D eigenvalue weighted by Crippen LogP contribution is -2.48. The van der Waals surface area contributed by atoms with E-state index >= 15 is 4.39 Å². The van der Waals surface area contributed by atoms with Crippen molar-refractivity contribution in [3.63, 3.8) is 0 Å². The van der Waals surface area contributed by atoms with Crippen molar-refractivity contribution in [2.45, 2.75) is 26.6 Å². The Bertz CT molecular complexity index is 1010. The Hall–Kier alpha value is -3.28. The number of allylic oxidation sites excluding steroid dienone is 1. The Morgan fingerprint density at radius 1 is 1.19 bits per heavy atom. The van der Waals surface area contributed by atoms with Crippen LogP contribution in [0.4, 0.5) is 10.1 Å². The lowest BCUT2D eigenvalue weighted by Gasteiger charge is -2.45. The summed E-state index contributed by atoms with van der Waals surface area (Å²) in [7, 11) is 1.82. The molecule has 1 saturated heterocycles. The average Bonchev–Trinajstić information content (AvgIpc) is 3.04. The summed E-state index contributed by atoms with van der Waals surface area (Å²) in [6, 6.07) is 15.3. The van der Waals surface area contributed by atoms with Crippen molar-refractivity contribution < 1.29 is 9.13 Å². The van der Waals surface area contributed by atoms with Gasteiger partial charge in [-0.05, 0) is 25.1 Å². The minimum Gasteiger partial charge on any atom is -0.450 e. The van der Waals surface area contributed by atoms with Crippen LogP contribution in [-0.4, -0.2) is 35.9 Å². The molecule has 1 unspecified atom stereocenters. The molecule has 1 fully saturated rings. The maximum absolute atomic E-state index is 15.1. The fourth-order valence-corrected chi connectivity index (χ4v) is 4.02. The number of hydrogen-bond acceptors (Lipinski definition) is 5. The standard InChI is InChI=1S/C25H29FN4O/c1-17(2)29-14-22(15-29)18(3)30(23-9-7-6-8-10-23)16-21-12-11-20(13-24(21)26)25-28(5)27-19(4)31-25/h6-13,22,25H,1,3,14-16H2,2,4-5H3. The molecule has 0 radical (unpaired) electrons. The maximum Gasteiger partial charge on any atom is 0.214 e.